The fraction of sp³-hybridized carbons (Fsp3) is 0.625. The van der Waals surface area contributed by atoms with Crippen LogP contribution in [0.4, 0.5) is 5.69 Å². The van der Waals surface area contributed by atoms with Crippen LogP contribution in [0.25, 0.3) is 0 Å². The van der Waals surface area contributed by atoms with Crippen molar-refractivity contribution in [3.63, 3.8) is 0 Å². The first-order valence-corrected chi connectivity index (χ1v) is 7.89. The molecule has 106 valence electrons. The zero-order valence-electron chi connectivity index (χ0n) is 12.1. The van der Waals surface area contributed by atoms with E-state index in [4.69, 9.17) is 11.6 Å². The normalized spacial score (nSPS) is 14.7. The quantitative estimate of drug-likeness (QED) is 0.767. The van der Waals surface area contributed by atoms with Gasteiger partial charge in [-0.2, -0.15) is 0 Å². The number of unbranched alkanes of at least 4 members (excludes halogenated alkanes) is 1. The third-order valence-corrected chi connectivity index (χ3v) is 4.03. The molecule has 0 bridgehead atoms. The van der Waals surface area contributed by atoms with Gasteiger partial charge in [-0.1, -0.05) is 37.9 Å². The fourth-order valence-electron chi connectivity index (χ4n) is 2.36. The highest BCUT2D eigenvalue weighted by Crippen LogP contribution is 2.33. The van der Waals surface area contributed by atoms with Crippen molar-refractivity contribution in [2.24, 2.45) is 0 Å². The molecule has 1 fully saturated rings. The molecule has 0 aliphatic heterocycles. The van der Waals surface area contributed by atoms with E-state index in [1.165, 1.54) is 36.9 Å². The molecule has 1 saturated carbocycles. The van der Waals surface area contributed by atoms with Crippen LogP contribution in [0, 0.1) is 0 Å². The first-order chi connectivity index (χ1) is 9.26. The monoisotopic (exact) mass is 280 g/mol. The second-order valence-electron chi connectivity index (χ2n) is 5.33. The third kappa shape index (κ3) is 4.12. The van der Waals surface area contributed by atoms with Crippen molar-refractivity contribution < 1.29 is 0 Å². The summed E-state index contributed by atoms with van der Waals surface area (Å²) >= 11 is 6.40. The van der Waals surface area contributed by atoms with E-state index < -0.39 is 0 Å². The Kier molecular flexibility index (Phi) is 5.53. The van der Waals surface area contributed by atoms with Crippen molar-refractivity contribution in [1.82, 2.24) is 5.32 Å². The number of anilines is 1. The van der Waals surface area contributed by atoms with E-state index in [0.717, 1.165) is 30.7 Å². The van der Waals surface area contributed by atoms with Crippen LogP contribution in [-0.2, 0) is 6.54 Å². The van der Waals surface area contributed by atoms with Crippen LogP contribution >= 0.6 is 11.6 Å². The molecule has 0 heterocycles. The van der Waals surface area contributed by atoms with Crippen molar-refractivity contribution in [3.8, 4) is 0 Å². The molecule has 0 amide bonds. The molecule has 2 rings (SSSR count). The minimum absolute atomic E-state index is 0.752. The van der Waals surface area contributed by atoms with E-state index in [9.17, 15) is 0 Å². The predicted molar refractivity (Wildman–Crippen MR) is 84.1 cm³/mol. The summed E-state index contributed by atoms with van der Waals surface area (Å²) in [5.74, 6) is 0. The van der Waals surface area contributed by atoms with Gasteiger partial charge in [0.25, 0.3) is 0 Å². The van der Waals surface area contributed by atoms with Crippen LogP contribution in [0.2, 0.25) is 5.02 Å². The van der Waals surface area contributed by atoms with Gasteiger partial charge in [0.15, 0.2) is 0 Å². The molecule has 0 atom stereocenters. The molecule has 3 heteroatoms. The second kappa shape index (κ2) is 7.16. The molecule has 1 N–H and O–H groups in total. The molecule has 1 aromatic carbocycles. The van der Waals surface area contributed by atoms with Crippen molar-refractivity contribution in [3.05, 3.63) is 28.8 Å². The minimum atomic E-state index is 0.752. The van der Waals surface area contributed by atoms with Gasteiger partial charge in [-0.05, 0) is 43.5 Å². The van der Waals surface area contributed by atoms with Gasteiger partial charge in [0, 0.05) is 29.8 Å². The number of hydrogen-bond donors (Lipinski definition) is 1. The molecule has 1 aliphatic rings. The number of hydrogen-bond acceptors (Lipinski definition) is 2. The molecule has 0 spiro atoms. The topological polar surface area (TPSA) is 15.3 Å². The predicted octanol–water partition coefficient (Wildman–Crippen LogP) is 4.22. The second-order valence-corrected chi connectivity index (χ2v) is 5.74. The summed E-state index contributed by atoms with van der Waals surface area (Å²) in [6, 6.07) is 7.29. The summed E-state index contributed by atoms with van der Waals surface area (Å²) in [7, 11) is 0. The lowest BCUT2D eigenvalue weighted by Gasteiger charge is -2.25. The van der Waals surface area contributed by atoms with Crippen LogP contribution in [0.3, 0.4) is 0 Å². The van der Waals surface area contributed by atoms with Gasteiger partial charge in [-0.3, -0.25) is 0 Å². The van der Waals surface area contributed by atoms with Gasteiger partial charge >= 0.3 is 0 Å². The lowest BCUT2D eigenvalue weighted by Crippen LogP contribution is -2.26. The molecule has 2 nitrogen and oxygen atoms in total. The molecule has 1 aliphatic carbocycles. The molecule has 0 unspecified atom stereocenters. The van der Waals surface area contributed by atoms with Crippen LogP contribution in [0.5, 0.6) is 0 Å². The van der Waals surface area contributed by atoms with E-state index in [-0.39, 0.29) is 0 Å². The summed E-state index contributed by atoms with van der Waals surface area (Å²) in [5, 5.41) is 4.21. The smallest absolute Gasteiger partial charge is 0.0471 e. The third-order valence-electron chi connectivity index (χ3n) is 3.67. The minimum Gasteiger partial charge on any atom is -0.369 e. The Bertz CT molecular complexity index is 402. The van der Waals surface area contributed by atoms with E-state index in [1.807, 2.05) is 0 Å². The number of benzene rings is 1. The number of nitrogens with zero attached hydrogens (tertiary/aromatic N) is 1. The van der Waals surface area contributed by atoms with Gasteiger partial charge < -0.3 is 10.2 Å². The Labute approximate surface area is 122 Å². The van der Waals surface area contributed by atoms with E-state index in [1.54, 1.807) is 0 Å². The summed E-state index contributed by atoms with van der Waals surface area (Å²) in [4.78, 5) is 2.53. The molecule has 1 aromatic rings. The maximum absolute atomic E-state index is 6.40. The highest BCUT2D eigenvalue weighted by molar-refractivity contribution is 6.31. The van der Waals surface area contributed by atoms with Crippen LogP contribution in [0.15, 0.2) is 18.2 Å². The first-order valence-electron chi connectivity index (χ1n) is 7.52. The van der Waals surface area contributed by atoms with Gasteiger partial charge in [0.05, 0.1) is 0 Å². The van der Waals surface area contributed by atoms with E-state index in [2.05, 4.69) is 42.3 Å². The van der Waals surface area contributed by atoms with E-state index >= 15 is 0 Å². The van der Waals surface area contributed by atoms with Gasteiger partial charge in [0.1, 0.15) is 0 Å². The number of rotatable bonds is 8. The largest absolute Gasteiger partial charge is 0.369 e. The molecular weight excluding hydrogens is 256 g/mol. The summed E-state index contributed by atoms with van der Waals surface area (Å²) in [5.41, 5.74) is 2.49. The van der Waals surface area contributed by atoms with Gasteiger partial charge in [-0.25, -0.2) is 0 Å². The average molecular weight is 281 g/mol. The van der Waals surface area contributed by atoms with Crippen LogP contribution in [0.1, 0.15) is 45.1 Å². The van der Waals surface area contributed by atoms with Crippen molar-refractivity contribution in [2.45, 2.75) is 52.1 Å². The molecule has 0 aromatic heterocycles. The van der Waals surface area contributed by atoms with Crippen molar-refractivity contribution in [1.29, 1.82) is 0 Å². The maximum atomic E-state index is 6.40. The average Bonchev–Trinajstić information content (AvgIpc) is 3.23. The standard InChI is InChI=1S/C16H25ClN2/c1-3-5-10-19(14-8-9-14)15-7-6-13(12-18-4-2)16(17)11-15/h6-7,11,14,18H,3-5,8-10,12H2,1-2H3. The zero-order chi connectivity index (χ0) is 13.7. The number of nitrogens with one attached hydrogen (secondary N) is 1. The molecule has 0 saturated heterocycles. The Hall–Kier alpha value is -0.730. The number of halogens is 1. The van der Waals surface area contributed by atoms with Gasteiger partial charge in [-0.15, -0.1) is 0 Å². The SMILES string of the molecule is CCCCN(c1ccc(CNCC)c(Cl)c1)C1CC1. The van der Waals surface area contributed by atoms with Crippen molar-refractivity contribution >= 4 is 17.3 Å². The Morgan fingerprint density at radius 1 is 1.32 bits per heavy atom. The van der Waals surface area contributed by atoms with Crippen molar-refractivity contribution in [2.75, 3.05) is 18.0 Å². The van der Waals surface area contributed by atoms with Crippen LogP contribution in [-0.4, -0.2) is 19.1 Å². The Balaban J connectivity index is 2.07. The van der Waals surface area contributed by atoms with Gasteiger partial charge in [0.2, 0.25) is 0 Å². The Morgan fingerprint density at radius 3 is 2.68 bits per heavy atom. The maximum Gasteiger partial charge on any atom is 0.0471 e. The highest BCUT2D eigenvalue weighted by atomic mass is 35.5. The fourth-order valence-corrected chi connectivity index (χ4v) is 2.60. The molecular formula is C16H25ClN2. The van der Waals surface area contributed by atoms with E-state index in [0.29, 0.717) is 0 Å². The summed E-state index contributed by atoms with van der Waals surface area (Å²) < 4.78 is 0. The lowest BCUT2D eigenvalue weighted by atomic mass is 10.1. The first kappa shape index (κ1) is 14.7. The van der Waals surface area contributed by atoms with Crippen LogP contribution < -0.4 is 10.2 Å². The summed E-state index contributed by atoms with van der Waals surface area (Å²) in [6.07, 6.45) is 5.17. The highest BCUT2D eigenvalue weighted by Gasteiger charge is 2.28. The lowest BCUT2D eigenvalue weighted by molar-refractivity contribution is 0.711. The zero-order valence-corrected chi connectivity index (χ0v) is 12.8. The molecule has 19 heavy (non-hydrogen) atoms. The molecule has 0 radical (unpaired) electrons. The summed E-state index contributed by atoms with van der Waals surface area (Å²) in [6.45, 7) is 7.35. The Morgan fingerprint density at radius 2 is 2.11 bits per heavy atom.